The smallest absolute Gasteiger partial charge is 0.246 e. The number of benzene rings is 2. The molecule has 0 spiro atoms. The molecular formula is C21H22N2O3. The van der Waals surface area contributed by atoms with Crippen molar-refractivity contribution in [2.75, 3.05) is 20.8 Å². The van der Waals surface area contributed by atoms with Crippen LogP contribution in [0.15, 0.2) is 54.6 Å². The Bertz CT molecular complexity index is 795. The van der Waals surface area contributed by atoms with E-state index in [0.29, 0.717) is 31.0 Å². The highest BCUT2D eigenvalue weighted by Crippen LogP contribution is 2.28. The van der Waals surface area contributed by atoms with Gasteiger partial charge in [0.05, 0.1) is 26.7 Å². The van der Waals surface area contributed by atoms with Gasteiger partial charge in [-0.1, -0.05) is 36.4 Å². The molecule has 2 aromatic carbocycles. The molecule has 0 atom stereocenters. The third-order valence-corrected chi connectivity index (χ3v) is 3.85. The van der Waals surface area contributed by atoms with Crippen molar-refractivity contribution in [2.24, 2.45) is 0 Å². The van der Waals surface area contributed by atoms with Crippen molar-refractivity contribution in [2.45, 2.75) is 13.0 Å². The van der Waals surface area contributed by atoms with E-state index >= 15 is 0 Å². The van der Waals surface area contributed by atoms with Crippen LogP contribution in [0.25, 0.3) is 6.08 Å². The fourth-order valence-corrected chi connectivity index (χ4v) is 2.49. The average molecular weight is 350 g/mol. The topological polar surface area (TPSA) is 62.6 Å². The van der Waals surface area contributed by atoms with Gasteiger partial charge in [0.25, 0.3) is 0 Å². The second-order valence-electron chi connectivity index (χ2n) is 5.60. The van der Waals surface area contributed by atoms with Crippen molar-refractivity contribution < 1.29 is 14.3 Å². The van der Waals surface area contributed by atoms with Gasteiger partial charge in [-0.25, -0.2) is 0 Å². The number of carbonyl (C=O) groups excluding carboxylic acids is 1. The Balaban J connectivity index is 2.12. The van der Waals surface area contributed by atoms with Gasteiger partial charge >= 0.3 is 0 Å². The summed E-state index contributed by atoms with van der Waals surface area (Å²) in [5.41, 5.74) is 1.86. The lowest BCUT2D eigenvalue weighted by molar-refractivity contribution is -0.126. The van der Waals surface area contributed by atoms with Crippen LogP contribution < -0.4 is 9.47 Å². The summed E-state index contributed by atoms with van der Waals surface area (Å²) in [4.78, 5) is 14.2. The third kappa shape index (κ3) is 5.38. The van der Waals surface area contributed by atoms with E-state index < -0.39 is 0 Å². The summed E-state index contributed by atoms with van der Waals surface area (Å²) in [6.45, 7) is 0.859. The maximum absolute atomic E-state index is 12.6. The zero-order valence-corrected chi connectivity index (χ0v) is 15.0. The van der Waals surface area contributed by atoms with Crippen LogP contribution in [0.3, 0.4) is 0 Å². The normalized spacial score (nSPS) is 10.3. The van der Waals surface area contributed by atoms with E-state index in [4.69, 9.17) is 14.7 Å². The molecule has 0 saturated heterocycles. The molecule has 0 aliphatic rings. The van der Waals surface area contributed by atoms with Crippen LogP contribution in [0, 0.1) is 11.3 Å². The summed E-state index contributed by atoms with van der Waals surface area (Å²) in [7, 11) is 3.15. The molecule has 5 nitrogen and oxygen atoms in total. The second-order valence-corrected chi connectivity index (χ2v) is 5.60. The van der Waals surface area contributed by atoms with Crippen molar-refractivity contribution in [1.29, 1.82) is 5.26 Å². The third-order valence-electron chi connectivity index (χ3n) is 3.85. The molecule has 0 N–H and O–H groups in total. The van der Waals surface area contributed by atoms with Crippen LogP contribution in [0.2, 0.25) is 0 Å². The Hall–Kier alpha value is -3.26. The second kappa shape index (κ2) is 9.90. The first-order valence-corrected chi connectivity index (χ1v) is 8.28. The fraction of sp³-hybridized carbons (Fsp3) is 0.238. The minimum absolute atomic E-state index is 0.140. The molecule has 0 unspecified atom stereocenters. The number of hydrogen-bond acceptors (Lipinski definition) is 4. The molecule has 0 saturated carbocycles. The van der Waals surface area contributed by atoms with Crippen molar-refractivity contribution in [3.63, 3.8) is 0 Å². The molecule has 0 heterocycles. The number of ether oxygens (including phenoxy) is 2. The highest BCUT2D eigenvalue weighted by molar-refractivity contribution is 5.91. The molecule has 2 rings (SSSR count). The van der Waals surface area contributed by atoms with Crippen LogP contribution in [0.5, 0.6) is 11.5 Å². The first-order valence-electron chi connectivity index (χ1n) is 8.28. The number of nitriles is 1. The van der Waals surface area contributed by atoms with Gasteiger partial charge in [0.1, 0.15) is 0 Å². The summed E-state index contributed by atoms with van der Waals surface area (Å²) in [5.74, 6) is 1.10. The molecule has 5 heteroatoms. The van der Waals surface area contributed by atoms with E-state index in [-0.39, 0.29) is 5.91 Å². The maximum atomic E-state index is 12.6. The monoisotopic (exact) mass is 350 g/mol. The van der Waals surface area contributed by atoms with E-state index in [9.17, 15) is 4.79 Å². The quantitative estimate of drug-likeness (QED) is 0.682. The summed E-state index contributed by atoms with van der Waals surface area (Å²) in [6.07, 6.45) is 3.54. The van der Waals surface area contributed by atoms with Gasteiger partial charge in [0.2, 0.25) is 5.91 Å². The molecule has 0 radical (unpaired) electrons. The number of nitrogens with zero attached hydrogens (tertiary/aromatic N) is 2. The van der Waals surface area contributed by atoms with Crippen LogP contribution >= 0.6 is 0 Å². The average Bonchev–Trinajstić information content (AvgIpc) is 2.69. The van der Waals surface area contributed by atoms with Crippen LogP contribution in [-0.2, 0) is 11.3 Å². The lowest BCUT2D eigenvalue weighted by atomic mass is 10.1. The molecule has 0 aliphatic carbocycles. The van der Waals surface area contributed by atoms with Gasteiger partial charge in [0.15, 0.2) is 11.5 Å². The van der Waals surface area contributed by atoms with E-state index in [1.807, 2.05) is 36.4 Å². The lowest BCUT2D eigenvalue weighted by Gasteiger charge is -2.20. The van der Waals surface area contributed by atoms with Gasteiger partial charge in [-0.05, 0) is 29.3 Å². The Morgan fingerprint density at radius 1 is 1.12 bits per heavy atom. The molecule has 26 heavy (non-hydrogen) atoms. The summed E-state index contributed by atoms with van der Waals surface area (Å²) in [6, 6.07) is 17.3. The van der Waals surface area contributed by atoms with E-state index in [2.05, 4.69) is 6.07 Å². The van der Waals surface area contributed by atoms with Crippen LogP contribution in [0.1, 0.15) is 17.5 Å². The minimum atomic E-state index is -0.140. The van der Waals surface area contributed by atoms with Gasteiger partial charge in [-0.2, -0.15) is 5.26 Å². The van der Waals surface area contributed by atoms with Gasteiger partial charge in [0, 0.05) is 19.2 Å². The standard InChI is InChI=1S/C21H22N2O3/c1-25-19-11-9-17(15-20(19)26-2)10-12-21(24)23(14-6-13-22)16-18-7-4-3-5-8-18/h3-5,7-12,15H,6,14,16H2,1-2H3/b12-10+. The fourth-order valence-electron chi connectivity index (χ4n) is 2.49. The largest absolute Gasteiger partial charge is 0.493 e. The molecule has 2 aromatic rings. The minimum Gasteiger partial charge on any atom is -0.493 e. The van der Waals surface area contributed by atoms with E-state index in [1.54, 1.807) is 37.3 Å². The first-order chi connectivity index (χ1) is 12.7. The number of rotatable bonds is 8. The number of hydrogen-bond donors (Lipinski definition) is 0. The molecule has 134 valence electrons. The van der Waals surface area contributed by atoms with E-state index in [1.165, 1.54) is 6.08 Å². The molecule has 0 aromatic heterocycles. The van der Waals surface area contributed by atoms with Crippen molar-refractivity contribution in [1.82, 2.24) is 4.90 Å². The molecule has 0 fully saturated rings. The summed E-state index contributed by atoms with van der Waals surface area (Å²) in [5, 5.41) is 8.85. The van der Waals surface area contributed by atoms with E-state index in [0.717, 1.165) is 11.1 Å². The molecular weight excluding hydrogens is 328 g/mol. The predicted octanol–water partition coefficient (Wildman–Crippen LogP) is 3.66. The Kier molecular flexibility index (Phi) is 7.26. The van der Waals surface area contributed by atoms with Crippen molar-refractivity contribution >= 4 is 12.0 Å². The van der Waals surface area contributed by atoms with Gasteiger partial charge in [-0.3, -0.25) is 4.79 Å². The molecule has 1 amide bonds. The lowest BCUT2D eigenvalue weighted by Crippen LogP contribution is -2.29. The molecule has 0 bridgehead atoms. The summed E-state index contributed by atoms with van der Waals surface area (Å²) >= 11 is 0. The number of methoxy groups -OCH3 is 2. The SMILES string of the molecule is COc1ccc(/C=C/C(=O)N(CCC#N)Cc2ccccc2)cc1OC. The van der Waals surface area contributed by atoms with Crippen molar-refractivity contribution in [3.05, 3.63) is 65.7 Å². The van der Waals surface area contributed by atoms with Gasteiger partial charge < -0.3 is 14.4 Å². The highest BCUT2D eigenvalue weighted by atomic mass is 16.5. The molecule has 0 aliphatic heterocycles. The highest BCUT2D eigenvalue weighted by Gasteiger charge is 2.11. The first kappa shape index (κ1) is 19.1. The maximum Gasteiger partial charge on any atom is 0.246 e. The Morgan fingerprint density at radius 3 is 2.50 bits per heavy atom. The van der Waals surface area contributed by atoms with Crippen molar-refractivity contribution in [3.8, 4) is 17.6 Å². The summed E-state index contributed by atoms with van der Waals surface area (Å²) < 4.78 is 10.5. The number of amides is 1. The predicted molar refractivity (Wildman–Crippen MR) is 101 cm³/mol. The van der Waals surface area contributed by atoms with Gasteiger partial charge in [-0.15, -0.1) is 0 Å². The Morgan fingerprint density at radius 2 is 1.85 bits per heavy atom. The zero-order chi connectivity index (χ0) is 18.8. The number of carbonyl (C=O) groups is 1. The van der Waals surface area contributed by atoms with Crippen LogP contribution in [0.4, 0.5) is 0 Å². The zero-order valence-electron chi connectivity index (χ0n) is 15.0. The van der Waals surface area contributed by atoms with Crippen LogP contribution in [-0.4, -0.2) is 31.6 Å². The Labute approximate surface area is 154 Å².